The van der Waals surface area contributed by atoms with Crippen molar-refractivity contribution in [1.82, 2.24) is 5.32 Å². The van der Waals surface area contributed by atoms with E-state index in [9.17, 15) is 9.59 Å². The van der Waals surface area contributed by atoms with Crippen molar-refractivity contribution in [3.63, 3.8) is 0 Å². The lowest BCUT2D eigenvalue weighted by Gasteiger charge is -2.17. The lowest BCUT2D eigenvalue weighted by molar-refractivity contribution is -0.120. The normalized spacial score (nSPS) is 11.2. The molecule has 0 spiro atoms. The maximum atomic E-state index is 11.8. The summed E-state index contributed by atoms with van der Waals surface area (Å²) in [4.78, 5) is 22.8. The fourth-order valence-electron chi connectivity index (χ4n) is 1.83. The van der Waals surface area contributed by atoms with E-state index < -0.39 is 5.97 Å². The third-order valence-corrected chi connectivity index (χ3v) is 4.10. The third-order valence-electron chi connectivity index (χ3n) is 2.83. The predicted octanol–water partition coefficient (Wildman–Crippen LogP) is 2.97. The molecule has 5 heteroatoms. The first kappa shape index (κ1) is 17.6. The molecule has 0 aromatic heterocycles. The summed E-state index contributed by atoms with van der Waals surface area (Å²) in [6.07, 6.45) is 0.755. The highest BCUT2D eigenvalue weighted by Gasteiger charge is 2.12. The van der Waals surface area contributed by atoms with Gasteiger partial charge < -0.3 is 10.4 Å². The van der Waals surface area contributed by atoms with Crippen molar-refractivity contribution in [3.8, 4) is 0 Å². The maximum absolute atomic E-state index is 11.8. The molecule has 0 saturated carbocycles. The van der Waals surface area contributed by atoms with Crippen LogP contribution in [0, 0.1) is 0 Å². The number of carboxylic acids is 1. The zero-order chi connectivity index (χ0) is 15.9. The smallest absolute Gasteiger partial charge is 0.335 e. The first-order chi connectivity index (χ1) is 9.79. The van der Waals surface area contributed by atoms with Gasteiger partial charge in [0.25, 0.3) is 0 Å². The Morgan fingerprint density at radius 2 is 1.90 bits per heavy atom. The van der Waals surface area contributed by atoms with Crippen LogP contribution in [0.25, 0.3) is 0 Å². The Bertz CT molecular complexity index is 495. The van der Waals surface area contributed by atoms with E-state index in [2.05, 4.69) is 26.1 Å². The average molecular weight is 309 g/mol. The Morgan fingerprint density at radius 3 is 2.52 bits per heavy atom. The van der Waals surface area contributed by atoms with E-state index in [0.29, 0.717) is 24.9 Å². The van der Waals surface area contributed by atoms with E-state index in [1.165, 1.54) is 0 Å². The monoisotopic (exact) mass is 309 g/mol. The highest BCUT2D eigenvalue weighted by Crippen LogP contribution is 2.22. The van der Waals surface area contributed by atoms with Crippen LogP contribution in [0.5, 0.6) is 0 Å². The summed E-state index contributed by atoms with van der Waals surface area (Å²) in [5, 5.41) is 11.9. The SMILES string of the molecule is CC(C)(C)SCCNC(=O)CCc1ccccc1C(=O)O. The summed E-state index contributed by atoms with van der Waals surface area (Å²) in [5.74, 6) is -0.113. The van der Waals surface area contributed by atoms with Gasteiger partial charge in [-0.3, -0.25) is 4.79 Å². The topological polar surface area (TPSA) is 66.4 Å². The fraction of sp³-hybridized carbons (Fsp3) is 0.500. The van der Waals surface area contributed by atoms with Crippen molar-refractivity contribution < 1.29 is 14.7 Å². The van der Waals surface area contributed by atoms with Gasteiger partial charge in [-0.15, -0.1) is 0 Å². The van der Waals surface area contributed by atoms with Gasteiger partial charge in [-0.2, -0.15) is 11.8 Å². The van der Waals surface area contributed by atoms with Gasteiger partial charge in [-0.1, -0.05) is 39.0 Å². The summed E-state index contributed by atoms with van der Waals surface area (Å²) >= 11 is 1.80. The standard InChI is InChI=1S/C16H23NO3S/c1-16(2,3)21-11-10-17-14(18)9-8-12-6-4-5-7-13(12)15(19)20/h4-7H,8-11H2,1-3H3,(H,17,18)(H,19,20). The van der Waals surface area contributed by atoms with Crippen LogP contribution in [0.2, 0.25) is 0 Å². The van der Waals surface area contributed by atoms with Gasteiger partial charge in [-0.25, -0.2) is 4.79 Å². The van der Waals surface area contributed by atoms with Crippen molar-refractivity contribution in [3.05, 3.63) is 35.4 Å². The molecule has 0 aliphatic rings. The lowest BCUT2D eigenvalue weighted by atomic mass is 10.0. The maximum Gasteiger partial charge on any atom is 0.335 e. The molecular weight excluding hydrogens is 286 g/mol. The second-order valence-corrected chi connectivity index (χ2v) is 7.69. The van der Waals surface area contributed by atoms with Gasteiger partial charge in [0.15, 0.2) is 0 Å². The Hall–Kier alpha value is -1.49. The molecule has 0 radical (unpaired) electrons. The van der Waals surface area contributed by atoms with Crippen LogP contribution in [0.1, 0.15) is 43.1 Å². The molecular formula is C16H23NO3S. The minimum atomic E-state index is -0.951. The molecule has 0 unspecified atom stereocenters. The van der Waals surface area contributed by atoms with E-state index in [1.54, 1.807) is 36.0 Å². The van der Waals surface area contributed by atoms with Crippen molar-refractivity contribution in [2.75, 3.05) is 12.3 Å². The zero-order valence-electron chi connectivity index (χ0n) is 12.8. The number of hydrogen-bond acceptors (Lipinski definition) is 3. The van der Waals surface area contributed by atoms with Gasteiger partial charge in [-0.05, 0) is 18.1 Å². The summed E-state index contributed by atoms with van der Waals surface area (Å²) in [7, 11) is 0. The number of aryl methyl sites for hydroxylation is 1. The highest BCUT2D eigenvalue weighted by molar-refractivity contribution is 8.00. The molecule has 1 rings (SSSR count). The van der Waals surface area contributed by atoms with E-state index in [4.69, 9.17) is 5.11 Å². The Kier molecular flexibility index (Phi) is 6.75. The molecule has 2 N–H and O–H groups in total. The summed E-state index contributed by atoms with van der Waals surface area (Å²) < 4.78 is 0.200. The van der Waals surface area contributed by atoms with Crippen molar-refractivity contribution >= 4 is 23.6 Å². The number of amides is 1. The van der Waals surface area contributed by atoms with Crippen LogP contribution in [0.4, 0.5) is 0 Å². The molecule has 1 aromatic carbocycles. The minimum absolute atomic E-state index is 0.0373. The second-order valence-electron chi connectivity index (χ2n) is 5.77. The highest BCUT2D eigenvalue weighted by atomic mass is 32.2. The quantitative estimate of drug-likeness (QED) is 0.760. The fourth-order valence-corrected chi connectivity index (χ4v) is 2.65. The van der Waals surface area contributed by atoms with Crippen LogP contribution in [-0.4, -0.2) is 34.0 Å². The molecule has 0 atom stereocenters. The summed E-state index contributed by atoms with van der Waals surface area (Å²) in [5.41, 5.74) is 0.970. The second kappa shape index (κ2) is 8.08. The number of carboxylic acid groups (broad SMARTS) is 1. The number of aromatic carboxylic acids is 1. The number of hydrogen-bond donors (Lipinski definition) is 2. The summed E-state index contributed by atoms with van der Waals surface area (Å²) in [6.45, 7) is 7.06. The minimum Gasteiger partial charge on any atom is -0.478 e. The molecule has 116 valence electrons. The number of benzene rings is 1. The Labute approximate surface area is 130 Å². The van der Waals surface area contributed by atoms with Crippen LogP contribution >= 0.6 is 11.8 Å². The third kappa shape index (κ3) is 7.18. The molecule has 0 heterocycles. The van der Waals surface area contributed by atoms with Crippen LogP contribution < -0.4 is 5.32 Å². The number of thioether (sulfide) groups is 1. The van der Waals surface area contributed by atoms with Gasteiger partial charge in [0.1, 0.15) is 0 Å². The van der Waals surface area contributed by atoms with Crippen molar-refractivity contribution in [1.29, 1.82) is 0 Å². The molecule has 1 amide bonds. The van der Waals surface area contributed by atoms with Crippen LogP contribution in [0.3, 0.4) is 0 Å². The molecule has 0 aliphatic carbocycles. The van der Waals surface area contributed by atoms with Gasteiger partial charge >= 0.3 is 5.97 Å². The molecule has 0 saturated heterocycles. The molecule has 0 bridgehead atoms. The van der Waals surface area contributed by atoms with E-state index in [-0.39, 0.29) is 16.2 Å². The molecule has 4 nitrogen and oxygen atoms in total. The first-order valence-electron chi connectivity index (χ1n) is 7.01. The number of carbonyl (C=O) groups is 2. The first-order valence-corrected chi connectivity index (χ1v) is 8.00. The molecule has 0 aliphatic heterocycles. The van der Waals surface area contributed by atoms with Gasteiger partial charge in [0.05, 0.1) is 5.56 Å². The lowest BCUT2D eigenvalue weighted by Crippen LogP contribution is -2.27. The van der Waals surface area contributed by atoms with Crippen LogP contribution in [-0.2, 0) is 11.2 Å². The van der Waals surface area contributed by atoms with E-state index in [0.717, 1.165) is 5.75 Å². The molecule has 21 heavy (non-hydrogen) atoms. The van der Waals surface area contributed by atoms with Crippen molar-refractivity contribution in [2.24, 2.45) is 0 Å². The Balaban J connectivity index is 2.35. The number of nitrogens with one attached hydrogen (secondary N) is 1. The zero-order valence-corrected chi connectivity index (χ0v) is 13.6. The predicted molar refractivity (Wildman–Crippen MR) is 86.9 cm³/mol. The average Bonchev–Trinajstić information content (AvgIpc) is 2.40. The summed E-state index contributed by atoms with van der Waals surface area (Å²) in [6, 6.07) is 6.80. The van der Waals surface area contributed by atoms with Crippen molar-refractivity contribution in [2.45, 2.75) is 38.4 Å². The van der Waals surface area contributed by atoms with E-state index in [1.807, 2.05) is 0 Å². The van der Waals surface area contributed by atoms with E-state index >= 15 is 0 Å². The molecule has 0 fully saturated rings. The van der Waals surface area contributed by atoms with Gasteiger partial charge in [0, 0.05) is 23.5 Å². The van der Waals surface area contributed by atoms with Gasteiger partial charge in [0.2, 0.25) is 5.91 Å². The van der Waals surface area contributed by atoms with Crippen LogP contribution in [0.15, 0.2) is 24.3 Å². The molecule has 1 aromatic rings. The number of carbonyl (C=O) groups excluding carboxylic acids is 1. The Morgan fingerprint density at radius 1 is 1.24 bits per heavy atom. The largest absolute Gasteiger partial charge is 0.478 e. The number of rotatable bonds is 7.